The van der Waals surface area contributed by atoms with Gasteiger partial charge < -0.3 is 34.6 Å². The molecule has 358 valence electrons. The number of phenolic OH excluding ortho intramolecular Hbond substituents is 1. The number of hydrogen-bond acceptors (Lipinski definition) is 12. The molecule has 3 N–H and O–H groups in total. The maximum atomic E-state index is 17.2. The number of amides is 2. The van der Waals surface area contributed by atoms with Crippen molar-refractivity contribution < 1.29 is 37.3 Å². The summed E-state index contributed by atoms with van der Waals surface area (Å²) in [7, 11) is 0. The van der Waals surface area contributed by atoms with Crippen LogP contribution in [0.15, 0.2) is 48.7 Å². The van der Waals surface area contributed by atoms with Gasteiger partial charge in [0.25, 0.3) is 0 Å². The highest BCUT2D eigenvalue weighted by molar-refractivity contribution is 6.02. The first-order valence-corrected chi connectivity index (χ1v) is 24.7. The number of nitrogens with one attached hydrogen (secondary N) is 2. The van der Waals surface area contributed by atoms with Gasteiger partial charge in [-0.25, -0.2) is 13.2 Å². The third-order valence-electron chi connectivity index (χ3n) is 15.9. The van der Waals surface area contributed by atoms with Crippen molar-refractivity contribution in [2.24, 2.45) is 17.3 Å². The summed E-state index contributed by atoms with van der Waals surface area (Å²) < 4.78 is 60.4. The number of phenols is 1. The van der Waals surface area contributed by atoms with E-state index < -0.39 is 17.7 Å². The smallest absolute Gasteiger partial charge is 0.319 e. The molecule has 6 aliphatic rings. The van der Waals surface area contributed by atoms with E-state index in [1.54, 1.807) is 24.4 Å². The molecule has 16 heteroatoms. The van der Waals surface area contributed by atoms with Crippen LogP contribution in [0.5, 0.6) is 11.8 Å². The number of aryl methyl sites for hydroxylation is 1. The number of hydrogen-bond donors (Lipinski definition) is 3. The number of pyridine rings is 1. The summed E-state index contributed by atoms with van der Waals surface area (Å²) >= 11 is 0. The van der Waals surface area contributed by atoms with Crippen LogP contribution in [0.4, 0.5) is 30.4 Å². The number of halogens is 3. The highest BCUT2D eigenvalue weighted by Crippen LogP contribution is 2.48. The monoisotopic (exact) mass is 932 g/mol. The van der Waals surface area contributed by atoms with Crippen LogP contribution in [0.1, 0.15) is 83.1 Å². The second-order valence-corrected chi connectivity index (χ2v) is 20.3. The van der Waals surface area contributed by atoms with Crippen molar-refractivity contribution in [2.75, 3.05) is 74.1 Å². The first-order chi connectivity index (χ1) is 33.0. The van der Waals surface area contributed by atoms with Crippen LogP contribution in [0, 0.1) is 34.7 Å². The van der Waals surface area contributed by atoms with E-state index in [0.29, 0.717) is 82.3 Å². The van der Waals surface area contributed by atoms with Crippen LogP contribution in [0.3, 0.4) is 0 Å². The van der Waals surface area contributed by atoms with E-state index in [9.17, 15) is 14.7 Å². The van der Waals surface area contributed by atoms with E-state index in [4.69, 9.17) is 19.4 Å². The highest BCUT2D eigenvalue weighted by atomic mass is 19.1. The van der Waals surface area contributed by atoms with Gasteiger partial charge in [0.1, 0.15) is 40.5 Å². The van der Waals surface area contributed by atoms with Gasteiger partial charge in [0.2, 0.25) is 11.8 Å². The molecule has 6 fully saturated rings. The molecule has 2 atom stereocenters. The van der Waals surface area contributed by atoms with Gasteiger partial charge in [-0.1, -0.05) is 13.0 Å². The average Bonchev–Trinajstić information content (AvgIpc) is 4.10. The number of carbonyl (C=O) groups excluding carboxylic acids is 2. The predicted molar refractivity (Wildman–Crippen MR) is 253 cm³/mol. The van der Waals surface area contributed by atoms with Crippen LogP contribution < -0.4 is 25.2 Å². The fourth-order valence-electron chi connectivity index (χ4n) is 11.8. The van der Waals surface area contributed by atoms with Crippen molar-refractivity contribution in [3.63, 3.8) is 0 Å². The lowest BCUT2D eigenvalue weighted by molar-refractivity contribution is -0.151. The number of likely N-dealkylation sites (tertiary alicyclic amines) is 1. The van der Waals surface area contributed by atoms with Crippen LogP contribution >= 0.6 is 0 Å². The Morgan fingerprint density at radius 1 is 0.897 bits per heavy atom. The predicted octanol–water partition coefficient (Wildman–Crippen LogP) is 8.29. The Bertz CT molecular complexity index is 2770. The molecule has 68 heavy (non-hydrogen) atoms. The van der Waals surface area contributed by atoms with Gasteiger partial charge in [-0.15, -0.1) is 0 Å². The summed E-state index contributed by atoms with van der Waals surface area (Å²) in [6, 6.07) is 10.5. The Morgan fingerprint density at radius 2 is 1.68 bits per heavy atom. The SMILES string of the molecule is CCc1c(F)ccc2cc(O)cc(-c3ncc4c(N5CCCC6(CCO6)C5)nc(OCC5(CN6CCC(C7CCN(c8ccc(NC9CCC(=O)NC9=O)cc8F)CC7)CC6)CC5)nc4c3F)c12. The average molecular weight is 933 g/mol. The number of carbonyl (C=O) groups is 2. The van der Waals surface area contributed by atoms with Crippen LogP contribution in [-0.4, -0.2) is 107 Å². The number of fused-ring (bicyclic) bond motifs is 2. The molecule has 1 saturated carbocycles. The number of aromatic nitrogens is 3. The molecule has 11 rings (SSSR count). The molecule has 7 heterocycles. The largest absolute Gasteiger partial charge is 0.508 e. The topological polar surface area (TPSA) is 145 Å². The first-order valence-electron chi connectivity index (χ1n) is 24.7. The lowest BCUT2D eigenvalue weighted by atomic mass is 9.78. The zero-order chi connectivity index (χ0) is 46.7. The summed E-state index contributed by atoms with van der Waals surface area (Å²) in [5, 5.41) is 17.7. The molecule has 3 aromatic carbocycles. The maximum Gasteiger partial charge on any atom is 0.319 e. The first kappa shape index (κ1) is 44.7. The summed E-state index contributed by atoms with van der Waals surface area (Å²) in [6.07, 6.45) is 11.7. The quantitative estimate of drug-likeness (QED) is 0.104. The Morgan fingerprint density at radius 3 is 2.38 bits per heavy atom. The molecule has 2 aromatic heterocycles. The minimum Gasteiger partial charge on any atom is -0.508 e. The molecule has 5 saturated heterocycles. The molecule has 1 spiro atoms. The highest BCUT2D eigenvalue weighted by Gasteiger charge is 2.46. The number of piperidine rings is 4. The van der Waals surface area contributed by atoms with Crippen molar-refractivity contribution >= 4 is 50.7 Å². The minimum atomic E-state index is -0.682. The fourth-order valence-corrected chi connectivity index (χ4v) is 11.8. The van der Waals surface area contributed by atoms with E-state index in [0.717, 1.165) is 104 Å². The van der Waals surface area contributed by atoms with Crippen molar-refractivity contribution in [3.05, 3.63) is 71.7 Å². The lowest BCUT2D eigenvalue weighted by Gasteiger charge is -2.48. The summed E-state index contributed by atoms with van der Waals surface area (Å²) in [4.78, 5) is 44.9. The molecule has 0 bridgehead atoms. The van der Waals surface area contributed by atoms with Gasteiger partial charge in [0, 0.05) is 68.4 Å². The van der Waals surface area contributed by atoms with Crippen LogP contribution in [-0.2, 0) is 20.7 Å². The Hall–Kier alpha value is -5.74. The summed E-state index contributed by atoms with van der Waals surface area (Å²) in [5.74, 6) is -0.378. The van der Waals surface area contributed by atoms with E-state index in [1.165, 1.54) is 18.2 Å². The third kappa shape index (κ3) is 8.67. The maximum absolute atomic E-state index is 17.2. The minimum absolute atomic E-state index is 0.0267. The van der Waals surface area contributed by atoms with Gasteiger partial charge in [-0.3, -0.25) is 19.9 Å². The molecule has 2 unspecified atom stereocenters. The van der Waals surface area contributed by atoms with Gasteiger partial charge in [-0.2, -0.15) is 9.97 Å². The van der Waals surface area contributed by atoms with Crippen LogP contribution in [0.25, 0.3) is 32.9 Å². The Kier molecular flexibility index (Phi) is 11.8. The molecule has 13 nitrogen and oxygen atoms in total. The lowest BCUT2D eigenvalue weighted by Crippen LogP contribution is -2.56. The molecule has 2 amide bonds. The number of anilines is 3. The van der Waals surface area contributed by atoms with E-state index >= 15 is 13.2 Å². The van der Waals surface area contributed by atoms with Gasteiger partial charge in [-0.05, 0) is 142 Å². The Balaban J connectivity index is 0.751. The summed E-state index contributed by atoms with van der Waals surface area (Å²) in [6.45, 7) is 8.82. The number of rotatable bonds is 12. The van der Waals surface area contributed by atoms with Crippen molar-refractivity contribution in [2.45, 2.75) is 95.6 Å². The molecule has 1 aliphatic carbocycles. The number of imide groups is 1. The van der Waals surface area contributed by atoms with E-state index in [-0.39, 0.29) is 58.0 Å². The number of benzene rings is 3. The standard InChI is InChI=1S/C52H59F3N8O5/c1-2-36-39(53)6-4-33-24-35(64)26-37(44(33)36)46-45(55)47-38(27-56-46)48(63-18-3-14-52(29-63)17-23-68-52)60-50(59-47)67-30-51(15-16-51)28-61-19-10-31(11-20-61)32-12-21-62(22-13-32)42-8-5-34(25-40(42)54)57-41-7-9-43(65)58-49(41)66/h4-6,8,24-27,31-32,41,57,64H,2-3,7,9-23,28-30H2,1H3,(H,58,65,66). The number of aromatic hydroxyl groups is 1. The van der Waals surface area contributed by atoms with Crippen molar-refractivity contribution in [1.29, 1.82) is 0 Å². The zero-order valence-electron chi connectivity index (χ0n) is 38.6. The van der Waals surface area contributed by atoms with Crippen LogP contribution in [0.2, 0.25) is 0 Å². The molecule has 5 aromatic rings. The van der Waals surface area contributed by atoms with Crippen molar-refractivity contribution in [1.82, 2.24) is 25.2 Å². The van der Waals surface area contributed by atoms with E-state index in [2.05, 4.69) is 30.3 Å². The normalized spacial score (nSPS) is 23.6. The van der Waals surface area contributed by atoms with Gasteiger partial charge in [0.15, 0.2) is 5.82 Å². The molecular weight excluding hydrogens is 874 g/mol. The third-order valence-corrected chi connectivity index (χ3v) is 15.9. The number of nitrogens with zero attached hydrogens (tertiary/aromatic N) is 6. The van der Waals surface area contributed by atoms with Crippen molar-refractivity contribution in [3.8, 4) is 23.0 Å². The zero-order valence-corrected chi connectivity index (χ0v) is 38.6. The van der Waals surface area contributed by atoms with Gasteiger partial charge in [0.05, 0.1) is 29.9 Å². The Labute approximate surface area is 393 Å². The summed E-state index contributed by atoms with van der Waals surface area (Å²) in [5.41, 5.74) is 1.56. The number of ether oxygens (including phenoxy) is 2. The van der Waals surface area contributed by atoms with Gasteiger partial charge >= 0.3 is 6.01 Å². The fraction of sp³-hybridized carbons (Fsp3) is 0.519. The molecule has 5 aliphatic heterocycles. The second-order valence-electron chi connectivity index (χ2n) is 20.3. The molecule has 0 radical (unpaired) electrons. The second kappa shape index (κ2) is 18.0. The van der Waals surface area contributed by atoms with E-state index in [1.807, 2.05) is 13.0 Å². The molecular formula is C52H59F3N8O5.